The maximum Gasteiger partial charge on any atom is 0.264 e. The number of hydrogen-bond donors (Lipinski definition) is 2. The van der Waals surface area contributed by atoms with Gasteiger partial charge in [0.1, 0.15) is 10.9 Å². The Balaban J connectivity index is 2.09. The van der Waals surface area contributed by atoms with Crippen LogP contribution in [0.1, 0.15) is 28.2 Å². The molecule has 0 spiro atoms. The fourth-order valence-electron chi connectivity index (χ4n) is 1.90. The normalized spacial score (nSPS) is 19.7. The summed E-state index contributed by atoms with van der Waals surface area (Å²) >= 11 is 1.08. The first-order valence-electron chi connectivity index (χ1n) is 5.74. The molecule has 0 bridgehead atoms. The molecule has 102 valence electrons. The number of rotatable bonds is 2. The number of likely N-dealkylation sites (N-methyl/N-ethyl adjacent to an activating group) is 1. The Morgan fingerprint density at radius 3 is 2.79 bits per heavy atom. The molecule has 19 heavy (non-hydrogen) atoms. The van der Waals surface area contributed by atoms with E-state index < -0.39 is 6.04 Å². The number of aryl methyl sites for hydroxylation is 1. The van der Waals surface area contributed by atoms with Gasteiger partial charge in [-0.1, -0.05) is 11.3 Å². The number of nitrogens with zero attached hydrogens (tertiary/aromatic N) is 2. The number of nitrogens with two attached hydrogens (primary N) is 1. The minimum atomic E-state index is -0.669. The minimum absolute atomic E-state index is 0.228. The summed E-state index contributed by atoms with van der Waals surface area (Å²) in [6, 6.07) is -0.669. The van der Waals surface area contributed by atoms with Crippen molar-refractivity contribution in [3.63, 3.8) is 0 Å². The number of likely N-dealkylation sites (tertiary alicyclic amines) is 1. The zero-order valence-corrected chi connectivity index (χ0v) is 11.4. The smallest absolute Gasteiger partial charge is 0.264 e. The SMILES string of the molecule is Cc1nc(N)sc1C(=O)NC1CCC(=O)N(C)C1=O. The Kier molecular flexibility index (Phi) is 3.52. The first kappa shape index (κ1) is 13.5. The Hall–Kier alpha value is -1.96. The molecule has 1 saturated heterocycles. The zero-order valence-electron chi connectivity index (χ0n) is 10.6. The van der Waals surface area contributed by atoms with Crippen molar-refractivity contribution >= 4 is 34.2 Å². The van der Waals surface area contributed by atoms with Crippen molar-refractivity contribution in [2.24, 2.45) is 0 Å². The van der Waals surface area contributed by atoms with E-state index in [2.05, 4.69) is 10.3 Å². The molecule has 1 atom stereocenters. The van der Waals surface area contributed by atoms with Crippen LogP contribution < -0.4 is 11.1 Å². The second-order valence-corrected chi connectivity index (χ2v) is 5.35. The van der Waals surface area contributed by atoms with E-state index in [-0.39, 0.29) is 24.1 Å². The van der Waals surface area contributed by atoms with Crippen molar-refractivity contribution in [3.8, 4) is 0 Å². The molecule has 3 N–H and O–H groups in total. The van der Waals surface area contributed by atoms with E-state index in [0.717, 1.165) is 16.2 Å². The van der Waals surface area contributed by atoms with Crippen LogP contribution in [0.5, 0.6) is 0 Å². The fraction of sp³-hybridized carbons (Fsp3) is 0.455. The summed E-state index contributed by atoms with van der Waals surface area (Å²) in [7, 11) is 1.42. The van der Waals surface area contributed by atoms with Crippen molar-refractivity contribution in [1.29, 1.82) is 0 Å². The summed E-state index contributed by atoms with van der Waals surface area (Å²) in [6.07, 6.45) is 0.568. The summed E-state index contributed by atoms with van der Waals surface area (Å²) in [4.78, 5) is 40.6. The highest BCUT2D eigenvalue weighted by Gasteiger charge is 2.33. The monoisotopic (exact) mass is 282 g/mol. The highest BCUT2D eigenvalue weighted by molar-refractivity contribution is 7.17. The number of nitrogens with one attached hydrogen (secondary N) is 1. The lowest BCUT2D eigenvalue weighted by Gasteiger charge is -2.27. The number of imide groups is 1. The second-order valence-electron chi connectivity index (χ2n) is 4.32. The molecule has 3 amide bonds. The van der Waals surface area contributed by atoms with Crippen LogP contribution in [-0.2, 0) is 9.59 Å². The van der Waals surface area contributed by atoms with E-state index in [4.69, 9.17) is 5.73 Å². The number of amides is 3. The van der Waals surface area contributed by atoms with Crippen LogP contribution in [0, 0.1) is 6.92 Å². The predicted molar refractivity (Wildman–Crippen MR) is 69.5 cm³/mol. The van der Waals surface area contributed by atoms with Gasteiger partial charge in [-0.3, -0.25) is 19.3 Å². The molecule has 1 aliphatic rings. The standard InChI is InChI=1S/C11H14N4O3S/c1-5-8(19-11(12)13-5)9(17)14-6-3-4-7(16)15(2)10(6)18/h6H,3-4H2,1-2H3,(H2,12,13)(H,14,17). The van der Waals surface area contributed by atoms with Gasteiger partial charge in [-0.15, -0.1) is 0 Å². The van der Waals surface area contributed by atoms with E-state index in [0.29, 0.717) is 22.1 Å². The van der Waals surface area contributed by atoms with Crippen molar-refractivity contribution in [1.82, 2.24) is 15.2 Å². The van der Waals surface area contributed by atoms with E-state index in [1.54, 1.807) is 6.92 Å². The lowest BCUT2D eigenvalue weighted by molar-refractivity contribution is -0.147. The average molecular weight is 282 g/mol. The summed E-state index contributed by atoms with van der Waals surface area (Å²) in [5, 5.41) is 2.93. The minimum Gasteiger partial charge on any atom is -0.375 e. The van der Waals surface area contributed by atoms with Crippen LogP contribution >= 0.6 is 11.3 Å². The maximum atomic E-state index is 12.0. The van der Waals surface area contributed by atoms with Crippen LogP contribution in [0.4, 0.5) is 5.13 Å². The number of hydrogen-bond acceptors (Lipinski definition) is 6. The quantitative estimate of drug-likeness (QED) is 0.737. The highest BCUT2D eigenvalue weighted by Crippen LogP contribution is 2.20. The fourth-order valence-corrected chi connectivity index (χ4v) is 2.64. The molecule has 0 saturated carbocycles. The molecule has 2 heterocycles. The van der Waals surface area contributed by atoms with Gasteiger partial charge in [-0.2, -0.15) is 0 Å². The molecule has 1 aliphatic heterocycles. The number of thiazole rings is 1. The Morgan fingerprint density at radius 2 is 2.21 bits per heavy atom. The first-order valence-corrected chi connectivity index (χ1v) is 6.56. The summed E-state index contributed by atoms with van der Waals surface area (Å²) < 4.78 is 0. The van der Waals surface area contributed by atoms with E-state index in [1.165, 1.54) is 7.05 Å². The Morgan fingerprint density at radius 1 is 1.53 bits per heavy atom. The van der Waals surface area contributed by atoms with E-state index in [9.17, 15) is 14.4 Å². The predicted octanol–water partition coefficient (Wildman–Crippen LogP) is -0.0891. The third-order valence-corrected chi connectivity index (χ3v) is 3.96. The second kappa shape index (κ2) is 4.96. The van der Waals surface area contributed by atoms with Gasteiger partial charge < -0.3 is 11.1 Å². The summed E-state index contributed by atoms with van der Waals surface area (Å²) in [6.45, 7) is 1.68. The molecular formula is C11H14N4O3S. The van der Waals surface area contributed by atoms with Crippen LogP contribution in [0.2, 0.25) is 0 Å². The van der Waals surface area contributed by atoms with Gasteiger partial charge in [0.15, 0.2) is 5.13 Å². The average Bonchev–Trinajstić information content (AvgIpc) is 2.69. The van der Waals surface area contributed by atoms with Gasteiger partial charge in [0, 0.05) is 13.5 Å². The molecule has 8 heteroatoms. The number of nitrogen functional groups attached to an aromatic ring is 1. The maximum absolute atomic E-state index is 12.0. The Bertz CT molecular complexity index is 554. The molecule has 1 unspecified atom stereocenters. The first-order chi connectivity index (χ1) is 8.90. The topological polar surface area (TPSA) is 105 Å². The number of aromatic nitrogens is 1. The number of carbonyl (C=O) groups excluding carboxylic acids is 3. The number of carbonyl (C=O) groups is 3. The van der Waals surface area contributed by atoms with Crippen molar-refractivity contribution in [2.75, 3.05) is 12.8 Å². The molecule has 7 nitrogen and oxygen atoms in total. The molecule has 0 aliphatic carbocycles. The third kappa shape index (κ3) is 2.58. The molecule has 0 radical (unpaired) electrons. The van der Waals surface area contributed by atoms with Crippen LogP contribution in [0.15, 0.2) is 0 Å². The molecule has 1 aromatic heterocycles. The van der Waals surface area contributed by atoms with Crippen molar-refractivity contribution < 1.29 is 14.4 Å². The number of anilines is 1. The van der Waals surface area contributed by atoms with Crippen LogP contribution in [0.25, 0.3) is 0 Å². The van der Waals surface area contributed by atoms with Crippen LogP contribution in [0.3, 0.4) is 0 Å². The van der Waals surface area contributed by atoms with Crippen molar-refractivity contribution in [3.05, 3.63) is 10.6 Å². The lowest BCUT2D eigenvalue weighted by atomic mass is 10.0. The third-order valence-electron chi connectivity index (χ3n) is 2.97. The molecule has 1 aromatic rings. The summed E-state index contributed by atoms with van der Waals surface area (Å²) in [5.74, 6) is -0.999. The van der Waals surface area contributed by atoms with Crippen LogP contribution in [-0.4, -0.2) is 40.7 Å². The molecule has 2 rings (SSSR count). The lowest BCUT2D eigenvalue weighted by Crippen LogP contribution is -2.52. The van der Waals surface area contributed by atoms with E-state index in [1.807, 2.05) is 0 Å². The summed E-state index contributed by atoms with van der Waals surface area (Å²) in [5.41, 5.74) is 6.06. The zero-order chi connectivity index (χ0) is 14.2. The number of piperidine rings is 1. The van der Waals surface area contributed by atoms with Gasteiger partial charge in [-0.05, 0) is 13.3 Å². The molecular weight excluding hydrogens is 268 g/mol. The van der Waals surface area contributed by atoms with Gasteiger partial charge in [0.2, 0.25) is 5.91 Å². The van der Waals surface area contributed by atoms with Gasteiger partial charge >= 0.3 is 0 Å². The Labute approximate surface area is 113 Å². The van der Waals surface area contributed by atoms with Crippen molar-refractivity contribution in [2.45, 2.75) is 25.8 Å². The van der Waals surface area contributed by atoms with Gasteiger partial charge in [0.05, 0.1) is 5.69 Å². The largest absolute Gasteiger partial charge is 0.375 e. The van der Waals surface area contributed by atoms with Gasteiger partial charge in [0.25, 0.3) is 11.8 Å². The molecule has 1 fully saturated rings. The molecule has 0 aromatic carbocycles. The van der Waals surface area contributed by atoms with Gasteiger partial charge in [-0.25, -0.2) is 4.98 Å². The highest BCUT2D eigenvalue weighted by atomic mass is 32.1. The van der Waals surface area contributed by atoms with E-state index >= 15 is 0 Å².